The zero-order chi connectivity index (χ0) is 15.9. The van der Waals surface area contributed by atoms with Gasteiger partial charge < -0.3 is 4.90 Å². The first kappa shape index (κ1) is 14.7. The maximum atomic E-state index is 13.3. The summed E-state index contributed by atoms with van der Waals surface area (Å²) in [5.74, 6) is -0.873. The van der Waals surface area contributed by atoms with Crippen molar-refractivity contribution in [3.63, 3.8) is 0 Å². The van der Waals surface area contributed by atoms with Gasteiger partial charge in [0.15, 0.2) is 5.78 Å². The Morgan fingerprint density at radius 2 is 2.00 bits per heavy atom. The van der Waals surface area contributed by atoms with Gasteiger partial charge in [-0.05, 0) is 35.9 Å². The van der Waals surface area contributed by atoms with Gasteiger partial charge in [0.1, 0.15) is 5.82 Å². The van der Waals surface area contributed by atoms with Crippen LogP contribution in [0.15, 0.2) is 42.5 Å². The van der Waals surface area contributed by atoms with Crippen LogP contribution < -0.4 is 0 Å². The normalized spacial score (nSPS) is 16.5. The first-order valence-electron chi connectivity index (χ1n) is 6.83. The number of hydrogen-bond acceptors (Lipinski definition) is 2. The van der Waals surface area contributed by atoms with E-state index in [0.717, 1.165) is 0 Å². The second-order valence-corrected chi connectivity index (χ2v) is 5.69. The molecule has 0 bridgehead atoms. The van der Waals surface area contributed by atoms with Gasteiger partial charge in [0.2, 0.25) is 0 Å². The molecule has 5 heteroatoms. The largest absolute Gasteiger partial charge is 0.331 e. The Balaban J connectivity index is 1.88. The van der Waals surface area contributed by atoms with Gasteiger partial charge in [0.05, 0.1) is 16.6 Å². The van der Waals surface area contributed by atoms with Crippen LogP contribution in [0.3, 0.4) is 0 Å². The van der Waals surface area contributed by atoms with Crippen LogP contribution in [-0.4, -0.2) is 29.7 Å². The van der Waals surface area contributed by atoms with E-state index in [1.807, 2.05) is 0 Å². The van der Waals surface area contributed by atoms with Crippen LogP contribution in [0.25, 0.3) is 0 Å². The van der Waals surface area contributed by atoms with Crippen LogP contribution in [0.4, 0.5) is 4.39 Å². The van der Waals surface area contributed by atoms with E-state index in [1.54, 1.807) is 31.3 Å². The van der Waals surface area contributed by atoms with Gasteiger partial charge >= 0.3 is 0 Å². The van der Waals surface area contributed by atoms with E-state index in [0.29, 0.717) is 28.1 Å². The highest BCUT2D eigenvalue weighted by atomic mass is 35.5. The molecule has 0 radical (unpaired) electrons. The van der Waals surface area contributed by atoms with Gasteiger partial charge in [-0.1, -0.05) is 23.7 Å². The molecular weight excluding hydrogens is 305 g/mol. The number of carbonyl (C=O) groups excluding carboxylic acids is 2. The van der Waals surface area contributed by atoms with Gasteiger partial charge in [-0.15, -0.1) is 0 Å². The molecule has 0 N–H and O–H groups in total. The number of Topliss-reactive ketones (excluding diaryl/α,β-unsaturated/α-hetero) is 1. The van der Waals surface area contributed by atoms with Crippen molar-refractivity contribution in [3.8, 4) is 0 Å². The Labute approximate surface area is 132 Å². The predicted molar refractivity (Wildman–Crippen MR) is 81.8 cm³/mol. The Morgan fingerprint density at radius 3 is 2.73 bits per heavy atom. The lowest BCUT2D eigenvalue weighted by Crippen LogP contribution is -2.41. The third-order valence-corrected chi connectivity index (χ3v) is 4.27. The summed E-state index contributed by atoms with van der Waals surface area (Å²) < 4.78 is 13.3. The first-order chi connectivity index (χ1) is 10.5. The highest BCUT2D eigenvalue weighted by molar-refractivity contribution is 6.33. The standard InChI is InChI=1S/C17H13ClFNO2/c1-20(17(22)13-4-2-3-5-14(13)18)15-9-10-8-11(19)6-7-12(10)16(15)21/h2-8,15H,9H2,1H3. The van der Waals surface area contributed by atoms with Crippen LogP contribution in [0.2, 0.25) is 5.02 Å². The van der Waals surface area contributed by atoms with Crippen molar-refractivity contribution in [2.24, 2.45) is 0 Å². The molecule has 0 saturated carbocycles. The number of ketones is 1. The smallest absolute Gasteiger partial charge is 0.255 e. The van der Waals surface area contributed by atoms with Gasteiger partial charge in [-0.2, -0.15) is 0 Å². The number of nitrogens with zero attached hydrogens (tertiary/aromatic N) is 1. The Bertz CT molecular complexity index is 775. The van der Waals surface area contributed by atoms with Crippen molar-refractivity contribution >= 4 is 23.3 Å². The Morgan fingerprint density at radius 1 is 1.27 bits per heavy atom. The summed E-state index contributed by atoms with van der Waals surface area (Å²) in [5.41, 5.74) is 1.46. The summed E-state index contributed by atoms with van der Waals surface area (Å²) >= 11 is 6.03. The molecule has 3 nitrogen and oxygen atoms in total. The summed E-state index contributed by atoms with van der Waals surface area (Å²) in [6.45, 7) is 0. The molecule has 3 rings (SSSR count). The lowest BCUT2D eigenvalue weighted by atomic mass is 10.1. The number of carbonyl (C=O) groups is 2. The second-order valence-electron chi connectivity index (χ2n) is 5.28. The summed E-state index contributed by atoms with van der Waals surface area (Å²) in [5, 5.41) is 0.341. The molecule has 1 amide bonds. The molecule has 0 saturated heterocycles. The molecule has 1 aliphatic carbocycles. The van der Waals surface area contributed by atoms with E-state index >= 15 is 0 Å². The van der Waals surface area contributed by atoms with Crippen LogP contribution in [0.5, 0.6) is 0 Å². The molecule has 2 aromatic rings. The maximum absolute atomic E-state index is 13.3. The number of fused-ring (bicyclic) bond motifs is 1. The Hall–Kier alpha value is -2.20. The van der Waals surface area contributed by atoms with Crippen molar-refractivity contribution < 1.29 is 14.0 Å². The third kappa shape index (κ3) is 2.40. The van der Waals surface area contributed by atoms with Crippen LogP contribution >= 0.6 is 11.6 Å². The third-order valence-electron chi connectivity index (χ3n) is 3.94. The molecule has 2 aromatic carbocycles. The monoisotopic (exact) mass is 317 g/mol. The molecule has 1 atom stereocenters. The SMILES string of the molecule is CN(C(=O)c1ccccc1Cl)C1Cc2cc(F)ccc2C1=O. The minimum absolute atomic E-state index is 0.169. The summed E-state index contributed by atoms with van der Waals surface area (Å²) in [4.78, 5) is 26.3. The number of hydrogen-bond donors (Lipinski definition) is 0. The van der Waals surface area contributed by atoms with Crippen LogP contribution in [0, 0.1) is 5.82 Å². The van der Waals surface area contributed by atoms with E-state index in [2.05, 4.69) is 0 Å². The van der Waals surface area contributed by atoms with Crippen LogP contribution in [-0.2, 0) is 6.42 Å². The van der Waals surface area contributed by atoms with Gasteiger partial charge in [-0.25, -0.2) is 4.39 Å². The number of amides is 1. The van der Waals surface area contributed by atoms with Gasteiger partial charge in [-0.3, -0.25) is 9.59 Å². The highest BCUT2D eigenvalue weighted by Crippen LogP contribution is 2.27. The summed E-state index contributed by atoms with van der Waals surface area (Å²) in [6.07, 6.45) is 0.318. The number of rotatable bonds is 2. The van der Waals surface area contributed by atoms with Crippen molar-refractivity contribution in [1.29, 1.82) is 0 Å². The van der Waals surface area contributed by atoms with Crippen molar-refractivity contribution in [2.45, 2.75) is 12.5 Å². The molecule has 0 aliphatic heterocycles. The first-order valence-corrected chi connectivity index (χ1v) is 7.21. The molecule has 112 valence electrons. The predicted octanol–water partition coefficient (Wildman–Crippen LogP) is 3.36. The summed E-state index contributed by atoms with van der Waals surface area (Å²) in [6, 6.07) is 10.2. The summed E-state index contributed by atoms with van der Waals surface area (Å²) in [7, 11) is 1.57. The van der Waals surface area contributed by atoms with E-state index < -0.39 is 6.04 Å². The minimum Gasteiger partial charge on any atom is -0.331 e. The van der Waals surface area contributed by atoms with Crippen LogP contribution in [0.1, 0.15) is 26.3 Å². The molecule has 1 aliphatic rings. The molecule has 0 aromatic heterocycles. The molecule has 1 unspecified atom stereocenters. The van der Waals surface area contributed by atoms with E-state index in [-0.39, 0.29) is 17.5 Å². The molecule has 0 spiro atoms. The number of benzene rings is 2. The molecule has 22 heavy (non-hydrogen) atoms. The molecular formula is C17H13ClFNO2. The average Bonchev–Trinajstić information content (AvgIpc) is 2.82. The number of halogens is 2. The lowest BCUT2D eigenvalue weighted by molar-refractivity contribution is 0.0672. The van der Waals surface area contributed by atoms with E-state index in [9.17, 15) is 14.0 Å². The fraction of sp³-hybridized carbons (Fsp3) is 0.176. The quantitative estimate of drug-likeness (QED) is 0.851. The fourth-order valence-corrected chi connectivity index (χ4v) is 2.95. The zero-order valence-electron chi connectivity index (χ0n) is 11.8. The zero-order valence-corrected chi connectivity index (χ0v) is 12.6. The lowest BCUT2D eigenvalue weighted by Gasteiger charge is -2.23. The average molecular weight is 318 g/mol. The van der Waals surface area contributed by atoms with E-state index in [4.69, 9.17) is 11.6 Å². The highest BCUT2D eigenvalue weighted by Gasteiger charge is 2.36. The number of likely N-dealkylation sites (N-methyl/N-ethyl adjacent to an activating group) is 1. The van der Waals surface area contributed by atoms with Gasteiger partial charge in [0, 0.05) is 19.0 Å². The Kier molecular flexibility index (Phi) is 3.71. The van der Waals surface area contributed by atoms with Crippen molar-refractivity contribution in [2.75, 3.05) is 7.05 Å². The molecule has 0 heterocycles. The van der Waals surface area contributed by atoms with Crippen molar-refractivity contribution in [3.05, 3.63) is 70.0 Å². The maximum Gasteiger partial charge on any atom is 0.255 e. The van der Waals surface area contributed by atoms with Gasteiger partial charge in [0.25, 0.3) is 5.91 Å². The topological polar surface area (TPSA) is 37.4 Å². The fourth-order valence-electron chi connectivity index (χ4n) is 2.73. The second kappa shape index (κ2) is 5.54. The molecule has 0 fully saturated rings. The minimum atomic E-state index is -0.624. The van der Waals surface area contributed by atoms with E-state index in [1.165, 1.54) is 23.1 Å². The van der Waals surface area contributed by atoms with Crippen molar-refractivity contribution in [1.82, 2.24) is 4.90 Å².